The molecule has 3 rings (SSSR count). The Bertz CT molecular complexity index is 430. The van der Waals surface area contributed by atoms with Crippen LogP contribution in [0.2, 0.25) is 0 Å². The van der Waals surface area contributed by atoms with Crippen LogP contribution in [0.25, 0.3) is 0 Å². The number of hydrogen-bond acceptors (Lipinski definition) is 2. The maximum Gasteiger partial charge on any atom is 0.0341 e. The highest BCUT2D eigenvalue weighted by Gasteiger charge is 2.32. The van der Waals surface area contributed by atoms with Gasteiger partial charge in [-0.15, -0.1) is 0 Å². The van der Waals surface area contributed by atoms with Crippen LogP contribution in [-0.2, 0) is 13.0 Å². The van der Waals surface area contributed by atoms with E-state index in [2.05, 4.69) is 42.4 Å². The molecule has 2 N–H and O–H groups in total. The number of fused-ring (bicyclic) bond motifs is 1. The molecule has 2 aliphatic rings. The van der Waals surface area contributed by atoms with Crippen molar-refractivity contribution in [2.24, 2.45) is 11.1 Å². The summed E-state index contributed by atoms with van der Waals surface area (Å²) in [6.07, 6.45) is 7.34. The normalized spacial score (nSPS) is 30.4. The second-order valence-corrected chi connectivity index (χ2v) is 8.07. The van der Waals surface area contributed by atoms with Gasteiger partial charge < -0.3 is 10.3 Å². The highest BCUT2D eigenvalue weighted by Crippen LogP contribution is 2.40. The minimum absolute atomic E-state index is 0.237. The fraction of sp³-hybridized carbons (Fsp3) is 0.733. The van der Waals surface area contributed by atoms with Crippen LogP contribution in [0.5, 0.6) is 0 Å². The minimum Gasteiger partial charge on any atom is -0.350 e. The fourth-order valence-corrected chi connectivity index (χ4v) is 4.74. The first-order chi connectivity index (χ1) is 8.55. The van der Waals surface area contributed by atoms with Crippen molar-refractivity contribution in [3.63, 3.8) is 0 Å². The van der Waals surface area contributed by atoms with Crippen molar-refractivity contribution in [2.75, 3.05) is 5.75 Å². The van der Waals surface area contributed by atoms with E-state index in [0.29, 0.717) is 5.41 Å². The molecule has 0 aromatic carbocycles. The zero-order valence-electron chi connectivity index (χ0n) is 11.5. The lowest BCUT2D eigenvalue weighted by molar-refractivity contribution is 0.275. The number of thioether (sulfide) groups is 1. The average Bonchev–Trinajstić information content (AvgIpc) is 2.88. The van der Waals surface area contributed by atoms with Gasteiger partial charge >= 0.3 is 0 Å². The lowest BCUT2D eigenvalue weighted by atomic mass is 9.74. The summed E-state index contributed by atoms with van der Waals surface area (Å²) in [5.74, 6) is 1.35. The number of nitrogens with zero attached hydrogens (tertiary/aromatic N) is 1. The zero-order chi connectivity index (χ0) is 12.8. The first-order valence-corrected chi connectivity index (χ1v) is 8.15. The molecule has 0 spiro atoms. The lowest BCUT2D eigenvalue weighted by Crippen LogP contribution is -2.31. The third-order valence-corrected chi connectivity index (χ3v) is 5.74. The summed E-state index contributed by atoms with van der Waals surface area (Å²) in [5, 5.41) is 0.822. The molecule has 2 heterocycles. The third kappa shape index (κ3) is 2.35. The molecule has 2 atom stereocenters. The van der Waals surface area contributed by atoms with E-state index in [9.17, 15) is 0 Å². The van der Waals surface area contributed by atoms with Crippen molar-refractivity contribution in [3.05, 3.63) is 23.5 Å². The van der Waals surface area contributed by atoms with Crippen molar-refractivity contribution >= 4 is 11.8 Å². The number of nitrogens with two attached hydrogens (primary N) is 1. The summed E-state index contributed by atoms with van der Waals surface area (Å²) in [4.78, 5) is 0. The van der Waals surface area contributed by atoms with Crippen molar-refractivity contribution in [1.82, 2.24) is 4.57 Å². The SMILES string of the molecule is CC1(C)Cc2c(ccn2CC2CCCS2)C(N)C1. The first-order valence-electron chi connectivity index (χ1n) is 7.10. The van der Waals surface area contributed by atoms with Crippen LogP contribution in [0.1, 0.15) is 50.4 Å². The van der Waals surface area contributed by atoms with Gasteiger partial charge in [-0.05, 0) is 48.5 Å². The molecule has 2 nitrogen and oxygen atoms in total. The molecule has 0 bridgehead atoms. The average molecular weight is 264 g/mol. The molecule has 0 saturated carbocycles. The summed E-state index contributed by atoms with van der Waals surface area (Å²) < 4.78 is 2.49. The van der Waals surface area contributed by atoms with Gasteiger partial charge in [-0.2, -0.15) is 11.8 Å². The van der Waals surface area contributed by atoms with Crippen LogP contribution in [0, 0.1) is 5.41 Å². The Morgan fingerprint density at radius 2 is 2.33 bits per heavy atom. The van der Waals surface area contributed by atoms with Crippen LogP contribution < -0.4 is 5.73 Å². The largest absolute Gasteiger partial charge is 0.350 e. The summed E-state index contributed by atoms with van der Waals surface area (Å²) in [6, 6.07) is 2.50. The second-order valence-electron chi connectivity index (χ2n) is 6.66. The number of rotatable bonds is 2. The minimum atomic E-state index is 0.237. The molecule has 1 aromatic heterocycles. The van der Waals surface area contributed by atoms with Crippen molar-refractivity contribution in [1.29, 1.82) is 0 Å². The van der Waals surface area contributed by atoms with E-state index >= 15 is 0 Å². The molecular formula is C15H24N2S. The molecule has 1 aliphatic heterocycles. The fourth-order valence-electron chi connectivity index (χ4n) is 3.47. The van der Waals surface area contributed by atoms with Gasteiger partial charge in [0.2, 0.25) is 0 Å². The van der Waals surface area contributed by atoms with Crippen molar-refractivity contribution in [2.45, 2.75) is 57.4 Å². The maximum atomic E-state index is 6.32. The van der Waals surface area contributed by atoms with E-state index in [4.69, 9.17) is 5.73 Å². The Balaban J connectivity index is 1.84. The Morgan fingerprint density at radius 3 is 3.06 bits per heavy atom. The van der Waals surface area contributed by atoms with Crippen LogP contribution in [-0.4, -0.2) is 15.6 Å². The molecule has 1 fully saturated rings. The highest BCUT2D eigenvalue weighted by molar-refractivity contribution is 8.00. The monoisotopic (exact) mass is 264 g/mol. The van der Waals surface area contributed by atoms with E-state index in [-0.39, 0.29) is 6.04 Å². The first kappa shape index (κ1) is 12.6. The van der Waals surface area contributed by atoms with E-state index in [1.54, 1.807) is 0 Å². The summed E-state index contributed by atoms with van der Waals surface area (Å²) in [7, 11) is 0. The van der Waals surface area contributed by atoms with Gasteiger partial charge in [0, 0.05) is 29.7 Å². The molecule has 2 unspecified atom stereocenters. The number of hydrogen-bond donors (Lipinski definition) is 1. The van der Waals surface area contributed by atoms with Crippen LogP contribution >= 0.6 is 11.8 Å². The van der Waals surface area contributed by atoms with E-state index < -0.39 is 0 Å². The predicted molar refractivity (Wildman–Crippen MR) is 78.9 cm³/mol. The molecule has 1 aliphatic carbocycles. The van der Waals surface area contributed by atoms with Crippen molar-refractivity contribution < 1.29 is 0 Å². The standard InChI is InChI=1S/C15H24N2S/c1-15(2)8-13(16)12-5-6-17(14(12)9-15)10-11-4-3-7-18-11/h5-6,11,13H,3-4,7-10,16H2,1-2H3. The van der Waals surface area contributed by atoms with Gasteiger partial charge in [-0.1, -0.05) is 13.8 Å². The lowest BCUT2D eigenvalue weighted by Gasteiger charge is -2.34. The molecule has 1 saturated heterocycles. The van der Waals surface area contributed by atoms with Crippen LogP contribution in [0.4, 0.5) is 0 Å². The molecule has 0 amide bonds. The topological polar surface area (TPSA) is 30.9 Å². The third-order valence-electron chi connectivity index (χ3n) is 4.36. The van der Waals surface area contributed by atoms with Gasteiger partial charge in [0.15, 0.2) is 0 Å². The summed E-state index contributed by atoms with van der Waals surface area (Å²) in [5.41, 5.74) is 9.58. The quantitative estimate of drug-likeness (QED) is 0.888. The Labute approximate surface area is 114 Å². The second kappa shape index (κ2) is 4.61. The highest BCUT2D eigenvalue weighted by atomic mass is 32.2. The Hall–Kier alpha value is -0.410. The summed E-state index contributed by atoms with van der Waals surface area (Å²) >= 11 is 2.14. The molecule has 100 valence electrons. The maximum absolute atomic E-state index is 6.32. The smallest absolute Gasteiger partial charge is 0.0341 e. The molecule has 18 heavy (non-hydrogen) atoms. The summed E-state index contributed by atoms with van der Waals surface area (Å²) in [6.45, 7) is 5.87. The predicted octanol–water partition coefficient (Wildman–Crippen LogP) is 3.36. The molecule has 1 aromatic rings. The van der Waals surface area contributed by atoms with Gasteiger partial charge in [0.1, 0.15) is 0 Å². The van der Waals surface area contributed by atoms with Crippen LogP contribution in [0.3, 0.4) is 0 Å². The molecular weight excluding hydrogens is 240 g/mol. The zero-order valence-corrected chi connectivity index (χ0v) is 12.3. The Morgan fingerprint density at radius 1 is 1.50 bits per heavy atom. The van der Waals surface area contributed by atoms with Crippen molar-refractivity contribution in [3.8, 4) is 0 Å². The van der Waals surface area contributed by atoms with Gasteiger partial charge in [-0.3, -0.25) is 0 Å². The van der Waals surface area contributed by atoms with Gasteiger partial charge in [0.25, 0.3) is 0 Å². The van der Waals surface area contributed by atoms with E-state index in [1.807, 2.05) is 0 Å². The van der Waals surface area contributed by atoms with Crippen LogP contribution in [0.15, 0.2) is 12.3 Å². The molecule has 0 radical (unpaired) electrons. The van der Waals surface area contributed by atoms with E-state index in [0.717, 1.165) is 11.7 Å². The number of aromatic nitrogens is 1. The van der Waals surface area contributed by atoms with E-state index in [1.165, 1.54) is 42.8 Å². The van der Waals surface area contributed by atoms with Gasteiger partial charge in [0.05, 0.1) is 0 Å². The van der Waals surface area contributed by atoms with Gasteiger partial charge in [-0.25, -0.2) is 0 Å². The molecule has 3 heteroatoms. The Kier molecular flexibility index (Phi) is 3.23.